The van der Waals surface area contributed by atoms with Gasteiger partial charge in [-0.1, -0.05) is 11.3 Å². The van der Waals surface area contributed by atoms with E-state index >= 15 is 0 Å². The fraction of sp³-hybridized carbons (Fsp3) is 0.304. The van der Waals surface area contributed by atoms with Gasteiger partial charge in [0.15, 0.2) is 0 Å². The highest BCUT2D eigenvalue weighted by atomic mass is 32.2. The van der Waals surface area contributed by atoms with Gasteiger partial charge < -0.3 is 5.32 Å². The van der Waals surface area contributed by atoms with Gasteiger partial charge in [0.1, 0.15) is 5.03 Å². The number of anilines is 1. The van der Waals surface area contributed by atoms with Gasteiger partial charge in [0.25, 0.3) is 0 Å². The standard InChI is InChI=1S/C23H23N7OS/c1-14-11-15-3-2-4-19(15)22(21(14)16-7-9-30-18(12-16)13-24-28-30)25-23(31)27-32-20-8-10-29(26-20)17-5-6-17/h7-13,17H,2-6H2,1H3,(H2,25,27,31). The maximum atomic E-state index is 12.9. The minimum absolute atomic E-state index is 0.246. The zero-order valence-electron chi connectivity index (χ0n) is 17.7. The van der Waals surface area contributed by atoms with Crippen LogP contribution in [0.3, 0.4) is 0 Å². The van der Waals surface area contributed by atoms with Crippen molar-refractivity contribution in [3.05, 3.63) is 59.5 Å². The van der Waals surface area contributed by atoms with Crippen molar-refractivity contribution in [3.63, 3.8) is 0 Å². The Kier molecular flexibility index (Phi) is 4.64. The predicted molar refractivity (Wildman–Crippen MR) is 124 cm³/mol. The van der Waals surface area contributed by atoms with E-state index in [0.29, 0.717) is 6.04 Å². The normalized spacial score (nSPS) is 15.2. The quantitative estimate of drug-likeness (QED) is 0.440. The Morgan fingerprint density at radius 3 is 2.97 bits per heavy atom. The molecule has 0 saturated heterocycles. The van der Waals surface area contributed by atoms with Crippen LogP contribution in [0.5, 0.6) is 0 Å². The topological polar surface area (TPSA) is 89.1 Å². The zero-order valence-corrected chi connectivity index (χ0v) is 18.5. The number of aryl methyl sites for hydroxylation is 2. The van der Waals surface area contributed by atoms with Crippen LogP contribution in [0.1, 0.15) is 42.0 Å². The smallest absolute Gasteiger partial charge is 0.306 e. The van der Waals surface area contributed by atoms with E-state index in [1.807, 2.05) is 29.2 Å². The molecule has 2 N–H and O–H groups in total. The number of nitrogens with zero attached hydrogens (tertiary/aromatic N) is 5. The molecular formula is C23H23N7OS. The number of aromatic nitrogens is 5. The largest absolute Gasteiger partial charge is 0.329 e. The number of nitrogens with one attached hydrogen (secondary N) is 2. The third kappa shape index (κ3) is 3.52. The second-order valence-corrected chi connectivity index (χ2v) is 9.30. The van der Waals surface area contributed by atoms with Crippen molar-refractivity contribution in [1.82, 2.24) is 29.3 Å². The zero-order chi connectivity index (χ0) is 21.7. The van der Waals surface area contributed by atoms with Gasteiger partial charge in [-0.05, 0) is 79.5 Å². The SMILES string of the molecule is Cc1cc2c(c(NC(=O)NSc3ccn(C4CC4)n3)c1-c1ccn3nncc3c1)CCC2. The van der Waals surface area contributed by atoms with Gasteiger partial charge in [0, 0.05) is 29.9 Å². The van der Waals surface area contributed by atoms with Gasteiger partial charge in [-0.2, -0.15) is 5.10 Å². The average molecular weight is 446 g/mol. The summed E-state index contributed by atoms with van der Waals surface area (Å²) in [5.74, 6) is 0. The van der Waals surface area contributed by atoms with Crippen LogP contribution < -0.4 is 10.0 Å². The van der Waals surface area contributed by atoms with Crippen molar-refractivity contribution in [1.29, 1.82) is 0 Å². The van der Waals surface area contributed by atoms with Crippen molar-refractivity contribution >= 4 is 29.2 Å². The molecule has 9 heteroatoms. The molecule has 32 heavy (non-hydrogen) atoms. The molecule has 3 aromatic heterocycles. The summed E-state index contributed by atoms with van der Waals surface area (Å²) in [7, 11) is 0. The highest BCUT2D eigenvalue weighted by Crippen LogP contribution is 2.40. The van der Waals surface area contributed by atoms with Gasteiger partial charge >= 0.3 is 6.03 Å². The molecule has 0 radical (unpaired) electrons. The molecule has 1 aromatic carbocycles. The lowest BCUT2D eigenvalue weighted by Gasteiger charge is -2.19. The first-order valence-electron chi connectivity index (χ1n) is 10.9. The lowest BCUT2D eigenvalue weighted by molar-refractivity contribution is 0.257. The summed E-state index contributed by atoms with van der Waals surface area (Å²) in [5, 5.41) is 16.5. The maximum Gasteiger partial charge on any atom is 0.329 e. The van der Waals surface area contributed by atoms with Gasteiger partial charge in [-0.15, -0.1) is 5.10 Å². The fourth-order valence-electron chi connectivity index (χ4n) is 4.54. The van der Waals surface area contributed by atoms with Gasteiger partial charge in [0.2, 0.25) is 0 Å². The van der Waals surface area contributed by atoms with E-state index in [2.05, 4.69) is 44.5 Å². The van der Waals surface area contributed by atoms with E-state index in [1.54, 1.807) is 10.7 Å². The van der Waals surface area contributed by atoms with Crippen LogP contribution in [0.25, 0.3) is 16.6 Å². The highest BCUT2D eigenvalue weighted by molar-refractivity contribution is 7.97. The van der Waals surface area contributed by atoms with E-state index < -0.39 is 0 Å². The van der Waals surface area contributed by atoms with Crippen molar-refractivity contribution in [2.75, 3.05) is 5.32 Å². The summed E-state index contributed by atoms with van der Waals surface area (Å²) < 4.78 is 6.62. The molecule has 162 valence electrons. The summed E-state index contributed by atoms with van der Waals surface area (Å²) in [6, 6.07) is 8.56. The number of pyridine rings is 1. The van der Waals surface area contributed by atoms with Crippen molar-refractivity contribution in [2.45, 2.75) is 50.1 Å². The van der Waals surface area contributed by atoms with Crippen molar-refractivity contribution in [2.24, 2.45) is 0 Å². The van der Waals surface area contributed by atoms with Gasteiger partial charge in [-0.3, -0.25) is 9.40 Å². The summed E-state index contributed by atoms with van der Waals surface area (Å²) in [4.78, 5) is 12.9. The third-order valence-corrected chi connectivity index (χ3v) is 6.89. The van der Waals surface area contributed by atoms with E-state index in [1.165, 1.54) is 35.9 Å². The molecule has 3 heterocycles. The molecule has 0 bridgehead atoms. The van der Waals surface area contributed by atoms with Crippen molar-refractivity contribution < 1.29 is 4.79 Å². The lowest BCUT2D eigenvalue weighted by atomic mass is 9.93. The summed E-state index contributed by atoms with van der Waals surface area (Å²) in [5.41, 5.74) is 7.61. The first kappa shape index (κ1) is 19.4. The highest BCUT2D eigenvalue weighted by Gasteiger charge is 2.25. The second-order valence-electron chi connectivity index (χ2n) is 8.48. The number of urea groups is 1. The minimum atomic E-state index is -0.246. The van der Waals surface area contributed by atoms with Gasteiger partial charge in [0.05, 0.1) is 23.4 Å². The Morgan fingerprint density at radius 1 is 1.19 bits per heavy atom. The van der Waals surface area contributed by atoms with Crippen molar-refractivity contribution in [3.8, 4) is 11.1 Å². The average Bonchev–Trinajstić information content (AvgIpc) is 3.17. The molecule has 0 spiro atoms. The molecule has 0 atom stereocenters. The monoisotopic (exact) mass is 445 g/mol. The van der Waals surface area contributed by atoms with Crippen LogP contribution in [-0.2, 0) is 12.8 Å². The molecule has 2 aliphatic rings. The molecule has 1 fully saturated rings. The number of carbonyl (C=O) groups is 1. The summed E-state index contributed by atoms with van der Waals surface area (Å²) in [6.07, 6.45) is 11.1. The number of hydrogen-bond acceptors (Lipinski definition) is 5. The first-order valence-corrected chi connectivity index (χ1v) is 11.7. The molecular weight excluding hydrogens is 422 g/mol. The Hall–Kier alpha value is -3.33. The number of amides is 2. The number of hydrogen-bond donors (Lipinski definition) is 2. The molecule has 2 aliphatic carbocycles. The number of rotatable bonds is 5. The lowest BCUT2D eigenvalue weighted by Crippen LogP contribution is -2.24. The number of benzene rings is 1. The third-order valence-electron chi connectivity index (χ3n) is 6.18. The Bertz CT molecular complexity index is 1340. The summed E-state index contributed by atoms with van der Waals surface area (Å²) >= 11 is 1.24. The first-order chi connectivity index (χ1) is 15.7. The molecule has 0 aliphatic heterocycles. The maximum absolute atomic E-state index is 12.9. The Balaban J connectivity index is 1.30. The van der Waals surface area contributed by atoms with E-state index in [4.69, 9.17) is 0 Å². The predicted octanol–water partition coefficient (Wildman–Crippen LogP) is 4.55. The molecule has 6 rings (SSSR count). The molecule has 2 amide bonds. The van der Waals surface area contributed by atoms with Crippen LogP contribution in [-0.4, -0.2) is 30.6 Å². The van der Waals surface area contributed by atoms with Crippen LogP contribution in [0.2, 0.25) is 0 Å². The van der Waals surface area contributed by atoms with Crippen LogP contribution >= 0.6 is 11.9 Å². The fourth-order valence-corrected chi connectivity index (χ4v) is 5.06. The second kappa shape index (κ2) is 7.67. The van der Waals surface area contributed by atoms with Crippen LogP contribution in [0.4, 0.5) is 10.5 Å². The number of carbonyl (C=O) groups excluding carboxylic acids is 1. The molecule has 4 aromatic rings. The molecule has 1 saturated carbocycles. The Labute approximate surface area is 189 Å². The van der Waals surface area contributed by atoms with Crippen LogP contribution in [0, 0.1) is 6.92 Å². The van der Waals surface area contributed by atoms with Gasteiger partial charge in [-0.25, -0.2) is 9.31 Å². The minimum Gasteiger partial charge on any atom is -0.306 e. The summed E-state index contributed by atoms with van der Waals surface area (Å²) in [6.45, 7) is 2.11. The molecule has 0 unspecified atom stereocenters. The van der Waals surface area contributed by atoms with E-state index in [0.717, 1.165) is 52.2 Å². The number of fused-ring (bicyclic) bond motifs is 2. The van der Waals surface area contributed by atoms with E-state index in [-0.39, 0.29) is 6.03 Å². The molecule has 8 nitrogen and oxygen atoms in total. The Morgan fingerprint density at radius 2 is 2.09 bits per heavy atom. The van der Waals surface area contributed by atoms with Crippen LogP contribution in [0.15, 0.2) is 47.9 Å². The van der Waals surface area contributed by atoms with E-state index in [9.17, 15) is 4.79 Å².